The third-order valence-electron chi connectivity index (χ3n) is 6.17. The monoisotopic (exact) mass is 477 g/mol. The summed E-state index contributed by atoms with van der Waals surface area (Å²) >= 11 is 0. The fourth-order valence-corrected chi connectivity index (χ4v) is 4.22. The Morgan fingerprint density at radius 3 is 2.71 bits per heavy atom. The second-order valence-corrected chi connectivity index (χ2v) is 8.93. The number of carbonyl (C=O) groups is 1. The molecule has 0 bridgehead atoms. The van der Waals surface area contributed by atoms with E-state index in [4.69, 9.17) is 4.98 Å². The van der Waals surface area contributed by atoms with Crippen molar-refractivity contribution in [3.8, 4) is 11.1 Å². The van der Waals surface area contributed by atoms with Crippen molar-refractivity contribution in [1.82, 2.24) is 24.9 Å². The van der Waals surface area contributed by atoms with Gasteiger partial charge in [-0.25, -0.2) is 14.3 Å². The number of rotatable bonds is 9. The van der Waals surface area contributed by atoms with E-state index in [1.807, 2.05) is 31.2 Å². The molecule has 1 fully saturated rings. The zero-order valence-electron chi connectivity index (χ0n) is 20.2. The first-order valence-electron chi connectivity index (χ1n) is 11.6. The highest BCUT2D eigenvalue weighted by molar-refractivity contribution is 5.99. The molecule has 3 heterocycles. The number of nitrogens with one attached hydrogen (secondary N) is 1. The number of β-amino-alcohol motifs (C(OH)–C–C–N with tert-alkyl or cyclic N) is 1. The van der Waals surface area contributed by atoms with E-state index in [1.165, 1.54) is 6.20 Å². The normalized spacial score (nSPS) is 17.5. The smallest absolute Gasteiger partial charge is 0.326 e. The molecule has 3 N–H and O–H groups in total. The van der Waals surface area contributed by atoms with E-state index < -0.39 is 12.7 Å². The lowest BCUT2D eigenvalue weighted by Gasteiger charge is -2.25. The lowest BCUT2D eigenvalue weighted by Crippen LogP contribution is -2.39. The number of amides is 2. The van der Waals surface area contributed by atoms with Crippen molar-refractivity contribution in [2.24, 2.45) is 11.0 Å². The number of urea groups is 1. The van der Waals surface area contributed by atoms with E-state index in [2.05, 4.69) is 36.1 Å². The Morgan fingerprint density at radius 2 is 2.06 bits per heavy atom. The molecule has 0 aliphatic carbocycles. The number of fused-ring (bicyclic) bond motifs is 1. The zero-order chi connectivity index (χ0) is 25.1. The van der Waals surface area contributed by atoms with Gasteiger partial charge in [-0.15, -0.1) is 0 Å². The molecule has 2 aromatic heterocycles. The molecule has 0 saturated carbocycles. The number of hydrazone groups is 1. The van der Waals surface area contributed by atoms with Crippen LogP contribution in [-0.4, -0.2) is 73.3 Å². The van der Waals surface area contributed by atoms with Gasteiger partial charge < -0.3 is 15.1 Å². The van der Waals surface area contributed by atoms with Gasteiger partial charge in [-0.2, -0.15) is 10.2 Å². The molecule has 0 radical (unpaired) electrons. The van der Waals surface area contributed by atoms with E-state index in [9.17, 15) is 15.0 Å². The molecular weight excluding hydrogens is 446 g/mol. The number of benzene rings is 1. The van der Waals surface area contributed by atoms with Crippen LogP contribution in [0.15, 0.2) is 60.6 Å². The van der Waals surface area contributed by atoms with Gasteiger partial charge in [0.15, 0.2) is 5.65 Å². The highest BCUT2D eigenvalue weighted by atomic mass is 16.3. The third-order valence-corrected chi connectivity index (χ3v) is 6.17. The maximum absolute atomic E-state index is 13.3. The second-order valence-electron chi connectivity index (χ2n) is 8.93. The molecule has 1 aliphatic heterocycles. The molecule has 0 spiro atoms. The predicted molar refractivity (Wildman–Crippen MR) is 135 cm³/mol. The van der Waals surface area contributed by atoms with Crippen LogP contribution in [0.4, 0.5) is 10.6 Å². The quantitative estimate of drug-likeness (QED) is 0.322. The summed E-state index contributed by atoms with van der Waals surface area (Å²) in [5, 5.41) is 27.8. The minimum Gasteiger partial charge on any atom is -0.394 e. The van der Waals surface area contributed by atoms with Crippen LogP contribution >= 0.6 is 0 Å². The average molecular weight is 478 g/mol. The molecule has 2 unspecified atom stereocenters. The molecule has 1 aromatic carbocycles. The van der Waals surface area contributed by atoms with E-state index in [0.29, 0.717) is 18.0 Å². The predicted octanol–water partition coefficient (Wildman–Crippen LogP) is 2.47. The summed E-state index contributed by atoms with van der Waals surface area (Å²) < 4.78 is 1.69. The standard InChI is InChI=1S/C25H31N7O3/c1-5-26-29-17(4)18-6-8-19(9-7-18)21-12-27-31-11-10-23(28-24(21)31)32-22(16(2)3)14-30(25(32)35)13-20(34)15-33/h5-12,16,20,22,26,33-34H,1,13-15H2,2-4H3/b29-17+. The lowest BCUT2D eigenvalue weighted by atomic mass is 10.0. The SMILES string of the molecule is C=CN/N=C(\C)c1ccc(-c2cnn3ccc(N4C(=O)N(CC(O)CO)CC4C(C)C)nc23)cc1. The highest BCUT2D eigenvalue weighted by Crippen LogP contribution is 2.30. The molecule has 35 heavy (non-hydrogen) atoms. The maximum atomic E-state index is 13.3. The molecule has 184 valence electrons. The molecule has 1 aliphatic rings. The van der Waals surface area contributed by atoms with Crippen LogP contribution in [0.5, 0.6) is 0 Å². The van der Waals surface area contributed by atoms with Crippen LogP contribution in [0.1, 0.15) is 26.3 Å². The fraction of sp³-hybridized carbons (Fsp3) is 0.360. The Balaban J connectivity index is 1.67. The Hall–Kier alpha value is -3.76. The first-order valence-corrected chi connectivity index (χ1v) is 11.6. The summed E-state index contributed by atoms with van der Waals surface area (Å²) in [6.45, 7) is 9.75. The Morgan fingerprint density at radius 1 is 1.31 bits per heavy atom. The van der Waals surface area contributed by atoms with Crippen molar-refractivity contribution in [2.45, 2.75) is 32.9 Å². The molecule has 4 rings (SSSR count). The summed E-state index contributed by atoms with van der Waals surface area (Å²) in [6, 6.07) is 9.37. The van der Waals surface area contributed by atoms with Gasteiger partial charge in [-0.1, -0.05) is 44.7 Å². The van der Waals surface area contributed by atoms with Crippen molar-refractivity contribution in [3.63, 3.8) is 0 Å². The Labute approximate surface area is 204 Å². The number of aromatic nitrogens is 3. The fourth-order valence-electron chi connectivity index (χ4n) is 4.22. The molecule has 2 atom stereocenters. The summed E-state index contributed by atoms with van der Waals surface area (Å²) in [7, 11) is 0. The van der Waals surface area contributed by atoms with Gasteiger partial charge in [0.25, 0.3) is 0 Å². The van der Waals surface area contributed by atoms with E-state index >= 15 is 0 Å². The largest absolute Gasteiger partial charge is 0.394 e. The molecule has 10 nitrogen and oxygen atoms in total. The van der Waals surface area contributed by atoms with Crippen LogP contribution < -0.4 is 10.3 Å². The van der Waals surface area contributed by atoms with Gasteiger partial charge in [0.2, 0.25) is 0 Å². The van der Waals surface area contributed by atoms with Gasteiger partial charge in [0.1, 0.15) is 5.82 Å². The first-order chi connectivity index (χ1) is 16.8. The van der Waals surface area contributed by atoms with Gasteiger partial charge >= 0.3 is 6.03 Å². The number of carbonyl (C=O) groups excluding carboxylic acids is 1. The number of aliphatic hydroxyl groups excluding tert-OH is 2. The van der Waals surface area contributed by atoms with Crippen LogP contribution in [0.2, 0.25) is 0 Å². The van der Waals surface area contributed by atoms with E-state index in [0.717, 1.165) is 22.4 Å². The Bertz CT molecular complexity index is 1240. The highest BCUT2D eigenvalue weighted by Gasteiger charge is 2.41. The zero-order valence-corrected chi connectivity index (χ0v) is 20.2. The third kappa shape index (κ3) is 4.89. The summed E-state index contributed by atoms with van der Waals surface area (Å²) in [6.07, 6.45) is 4.09. The number of anilines is 1. The van der Waals surface area contributed by atoms with Crippen LogP contribution in [-0.2, 0) is 0 Å². The number of nitrogens with zero attached hydrogens (tertiary/aromatic N) is 6. The summed E-state index contributed by atoms with van der Waals surface area (Å²) in [5.74, 6) is 0.699. The lowest BCUT2D eigenvalue weighted by molar-refractivity contribution is 0.0719. The minimum atomic E-state index is -0.979. The summed E-state index contributed by atoms with van der Waals surface area (Å²) in [4.78, 5) is 21.3. The van der Waals surface area contributed by atoms with Crippen molar-refractivity contribution < 1.29 is 15.0 Å². The maximum Gasteiger partial charge on any atom is 0.326 e. The van der Waals surface area contributed by atoms with Crippen molar-refractivity contribution in [1.29, 1.82) is 0 Å². The van der Waals surface area contributed by atoms with Crippen molar-refractivity contribution >= 4 is 23.2 Å². The minimum absolute atomic E-state index is 0.0760. The number of hydrogen-bond acceptors (Lipinski definition) is 7. The average Bonchev–Trinajstić information content (AvgIpc) is 3.43. The molecule has 1 saturated heterocycles. The van der Waals surface area contributed by atoms with Gasteiger partial charge in [-0.3, -0.25) is 10.3 Å². The van der Waals surface area contributed by atoms with Crippen LogP contribution in [0, 0.1) is 5.92 Å². The molecular formula is C25H31N7O3. The topological polar surface area (TPSA) is 119 Å². The molecule has 3 aromatic rings. The van der Waals surface area contributed by atoms with Crippen LogP contribution in [0.3, 0.4) is 0 Å². The van der Waals surface area contributed by atoms with Gasteiger partial charge in [0.05, 0.1) is 37.2 Å². The molecule has 10 heteroatoms. The number of aliphatic hydroxyl groups is 2. The Kier molecular flexibility index (Phi) is 7.13. The van der Waals surface area contributed by atoms with Crippen molar-refractivity contribution in [2.75, 3.05) is 24.6 Å². The van der Waals surface area contributed by atoms with Gasteiger partial charge in [0, 0.05) is 24.5 Å². The second kappa shape index (κ2) is 10.2. The first kappa shape index (κ1) is 24.4. The van der Waals surface area contributed by atoms with E-state index in [1.54, 1.807) is 32.8 Å². The molecule has 2 amide bonds. The van der Waals surface area contributed by atoms with Crippen molar-refractivity contribution in [3.05, 3.63) is 61.1 Å². The van der Waals surface area contributed by atoms with Crippen LogP contribution in [0.25, 0.3) is 16.8 Å². The number of hydrogen-bond donors (Lipinski definition) is 3. The van der Waals surface area contributed by atoms with Gasteiger partial charge in [-0.05, 0) is 30.0 Å². The summed E-state index contributed by atoms with van der Waals surface area (Å²) in [5.41, 5.74) is 6.98. The van der Waals surface area contributed by atoms with E-state index in [-0.39, 0.29) is 24.5 Å².